The third kappa shape index (κ3) is 3.85. The van der Waals surface area contributed by atoms with Crippen molar-refractivity contribution in [1.29, 1.82) is 0 Å². The molecule has 1 aromatic carbocycles. The van der Waals surface area contributed by atoms with E-state index < -0.39 is 10.9 Å². The van der Waals surface area contributed by atoms with Gasteiger partial charge >= 0.3 is 5.97 Å². The maximum Gasteiger partial charge on any atom is 0.328 e. The lowest BCUT2D eigenvalue weighted by atomic mass is 10.2. The van der Waals surface area contributed by atoms with Gasteiger partial charge in [-0.25, -0.2) is 9.67 Å². The van der Waals surface area contributed by atoms with Gasteiger partial charge in [0, 0.05) is 17.7 Å². The van der Waals surface area contributed by atoms with Gasteiger partial charge in [0.1, 0.15) is 12.9 Å². The number of non-ortho nitro benzene ring substituents is 1. The van der Waals surface area contributed by atoms with E-state index in [1.807, 2.05) is 0 Å². The molecule has 110 valence electrons. The number of esters is 1. The summed E-state index contributed by atoms with van der Waals surface area (Å²) in [6, 6.07) is 5.88. The van der Waals surface area contributed by atoms with Crippen LogP contribution in [0.3, 0.4) is 0 Å². The summed E-state index contributed by atoms with van der Waals surface area (Å²) in [6.07, 6.45) is 1.23. The molecule has 0 saturated carbocycles. The molecule has 0 atom stereocenters. The Hall–Kier alpha value is -2.77. The van der Waals surface area contributed by atoms with Crippen molar-refractivity contribution >= 4 is 11.7 Å². The zero-order valence-electron chi connectivity index (χ0n) is 11.6. The smallest absolute Gasteiger partial charge is 0.328 e. The average molecular weight is 290 g/mol. The first-order chi connectivity index (χ1) is 9.95. The fourth-order valence-electron chi connectivity index (χ4n) is 1.67. The van der Waals surface area contributed by atoms with E-state index in [1.54, 1.807) is 26.0 Å². The number of carbonyl (C=O) groups is 1. The standard InChI is InChI=1S/C13H14N4O4/c1-9(2)21-12(18)7-16-8-14-13(15-16)10-3-5-11(6-4-10)17(19)20/h3-6,8-9H,7H2,1-2H3. The monoisotopic (exact) mass is 290 g/mol. The Morgan fingerprint density at radius 3 is 2.62 bits per heavy atom. The van der Waals surface area contributed by atoms with Crippen LogP contribution in [0.15, 0.2) is 30.6 Å². The second-order valence-electron chi connectivity index (χ2n) is 4.61. The Morgan fingerprint density at radius 1 is 1.38 bits per heavy atom. The van der Waals surface area contributed by atoms with Crippen molar-refractivity contribution in [2.45, 2.75) is 26.5 Å². The zero-order chi connectivity index (χ0) is 15.4. The van der Waals surface area contributed by atoms with Crippen LogP contribution in [0.25, 0.3) is 11.4 Å². The van der Waals surface area contributed by atoms with Crippen molar-refractivity contribution in [2.75, 3.05) is 0 Å². The minimum absolute atomic E-state index is 0.00121. The van der Waals surface area contributed by atoms with Gasteiger partial charge < -0.3 is 4.74 Å². The third-order valence-electron chi connectivity index (χ3n) is 2.53. The van der Waals surface area contributed by atoms with Crippen LogP contribution < -0.4 is 0 Å². The van der Waals surface area contributed by atoms with Crippen molar-refractivity contribution in [3.8, 4) is 11.4 Å². The minimum Gasteiger partial charge on any atom is -0.462 e. The summed E-state index contributed by atoms with van der Waals surface area (Å²) in [5.74, 6) is -0.00704. The van der Waals surface area contributed by atoms with Crippen LogP contribution in [-0.4, -0.2) is 31.8 Å². The number of benzene rings is 1. The summed E-state index contributed by atoms with van der Waals surface area (Å²) >= 11 is 0. The molecule has 1 aromatic heterocycles. The molecule has 0 aliphatic heterocycles. The number of carbonyl (C=O) groups excluding carboxylic acids is 1. The Labute approximate surface area is 120 Å². The van der Waals surface area contributed by atoms with Crippen molar-refractivity contribution in [3.05, 3.63) is 40.7 Å². The number of aromatic nitrogens is 3. The highest BCUT2D eigenvalue weighted by Gasteiger charge is 2.11. The van der Waals surface area contributed by atoms with E-state index >= 15 is 0 Å². The molecule has 0 aliphatic rings. The Bertz CT molecular complexity index is 648. The van der Waals surface area contributed by atoms with Crippen LogP contribution in [0.4, 0.5) is 5.69 Å². The molecule has 21 heavy (non-hydrogen) atoms. The van der Waals surface area contributed by atoms with Gasteiger partial charge in [-0.1, -0.05) is 0 Å². The molecule has 8 nitrogen and oxygen atoms in total. The number of hydrogen-bond donors (Lipinski definition) is 0. The quantitative estimate of drug-likeness (QED) is 0.473. The lowest BCUT2D eigenvalue weighted by molar-refractivity contribution is -0.384. The Kier molecular flexibility index (Phi) is 4.27. The molecule has 0 radical (unpaired) electrons. The molecular formula is C13H14N4O4. The predicted octanol–water partition coefficient (Wildman–Crippen LogP) is 1.80. The van der Waals surface area contributed by atoms with Gasteiger partial charge in [0.2, 0.25) is 0 Å². The third-order valence-corrected chi connectivity index (χ3v) is 2.53. The Morgan fingerprint density at radius 2 is 2.05 bits per heavy atom. The van der Waals surface area contributed by atoms with Crippen molar-refractivity contribution in [1.82, 2.24) is 14.8 Å². The fraction of sp³-hybridized carbons (Fsp3) is 0.308. The highest BCUT2D eigenvalue weighted by molar-refractivity contribution is 5.69. The molecular weight excluding hydrogens is 276 g/mol. The summed E-state index contributed by atoms with van der Waals surface area (Å²) in [5, 5.41) is 14.7. The first-order valence-corrected chi connectivity index (χ1v) is 6.29. The number of hydrogen-bond acceptors (Lipinski definition) is 6. The largest absolute Gasteiger partial charge is 0.462 e. The predicted molar refractivity (Wildman–Crippen MR) is 73.3 cm³/mol. The van der Waals surface area contributed by atoms with Gasteiger partial charge in [0.15, 0.2) is 5.82 Å². The summed E-state index contributed by atoms with van der Waals surface area (Å²) in [5.41, 5.74) is 0.635. The number of nitro benzene ring substituents is 1. The van der Waals surface area contributed by atoms with Gasteiger partial charge in [-0.3, -0.25) is 14.9 Å². The first-order valence-electron chi connectivity index (χ1n) is 6.29. The molecule has 0 unspecified atom stereocenters. The highest BCUT2D eigenvalue weighted by Crippen LogP contribution is 2.18. The van der Waals surface area contributed by atoms with Crippen LogP contribution >= 0.6 is 0 Å². The molecule has 0 aliphatic carbocycles. The topological polar surface area (TPSA) is 100 Å². The van der Waals surface area contributed by atoms with Crippen molar-refractivity contribution in [3.63, 3.8) is 0 Å². The highest BCUT2D eigenvalue weighted by atomic mass is 16.6. The molecule has 2 rings (SSSR count). The molecule has 0 bridgehead atoms. The van der Waals surface area contributed by atoms with E-state index in [1.165, 1.54) is 23.1 Å². The maximum atomic E-state index is 11.5. The van der Waals surface area contributed by atoms with E-state index in [0.717, 1.165) is 0 Å². The summed E-state index contributed by atoms with van der Waals surface area (Å²) in [6.45, 7) is 3.50. The van der Waals surface area contributed by atoms with Gasteiger partial charge in [0.05, 0.1) is 11.0 Å². The normalized spacial score (nSPS) is 10.6. The van der Waals surface area contributed by atoms with E-state index in [4.69, 9.17) is 4.74 Å². The van der Waals surface area contributed by atoms with Gasteiger partial charge in [-0.15, -0.1) is 0 Å². The number of nitrogens with zero attached hydrogens (tertiary/aromatic N) is 4. The van der Waals surface area contributed by atoms with Crippen LogP contribution in [0.2, 0.25) is 0 Å². The molecule has 0 N–H and O–H groups in total. The zero-order valence-corrected chi connectivity index (χ0v) is 11.6. The summed E-state index contributed by atoms with van der Waals surface area (Å²) in [7, 11) is 0. The van der Waals surface area contributed by atoms with Crippen LogP contribution in [0.5, 0.6) is 0 Å². The first kappa shape index (κ1) is 14.6. The molecule has 0 fully saturated rings. The molecule has 1 heterocycles. The maximum absolute atomic E-state index is 11.5. The number of ether oxygens (including phenoxy) is 1. The van der Waals surface area contributed by atoms with E-state index in [9.17, 15) is 14.9 Å². The molecule has 2 aromatic rings. The minimum atomic E-state index is -0.474. The average Bonchev–Trinajstić information content (AvgIpc) is 2.86. The summed E-state index contributed by atoms with van der Waals surface area (Å²) in [4.78, 5) is 25.7. The molecule has 8 heteroatoms. The second-order valence-corrected chi connectivity index (χ2v) is 4.61. The number of nitro groups is 1. The van der Waals surface area contributed by atoms with E-state index in [2.05, 4.69) is 10.1 Å². The van der Waals surface area contributed by atoms with Gasteiger partial charge in [-0.2, -0.15) is 5.10 Å². The van der Waals surface area contributed by atoms with E-state index in [-0.39, 0.29) is 18.3 Å². The summed E-state index contributed by atoms with van der Waals surface area (Å²) < 4.78 is 6.37. The fourth-order valence-corrected chi connectivity index (χ4v) is 1.67. The molecule has 0 amide bonds. The molecule has 0 spiro atoms. The SMILES string of the molecule is CC(C)OC(=O)Cn1cnc(-c2ccc([N+](=O)[O-])cc2)n1. The van der Waals surface area contributed by atoms with Crippen LogP contribution in [0.1, 0.15) is 13.8 Å². The Balaban J connectivity index is 2.09. The lowest BCUT2D eigenvalue weighted by Gasteiger charge is -2.06. The van der Waals surface area contributed by atoms with Crippen LogP contribution in [-0.2, 0) is 16.1 Å². The van der Waals surface area contributed by atoms with Gasteiger partial charge in [0.25, 0.3) is 5.69 Å². The van der Waals surface area contributed by atoms with E-state index in [0.29, 0.717) is 11.4 Å². The number of rotatable bonds is 5. The second kappa shape index (κ2) is 6.12. The van der Waals surface area contributed by atoms with Crippen molar-refractivity contribution < 1.29 is 14.5 Å². The molecule has 0 saturated heterocycles. The van der Waals surface area contributed by atoms with Gasteiger partial charge in [-0.05, 0) is 26.0 Å². The van der Waals surface area contributed by atoms with Crippen molar-refractivity contribution in [2.24, 2.45) is 0 Å². The van der Waals surface area contributed by atoms with Crippen LogP contribution in [0, 0.1) is 10.1 Å². The lowest BCUT2D eigenvalue weighted by Crippen LogP contribution is -2.17.